The van der Waals surface area contributed by atoms with E-state index >= 15 is 0 Å². The van der Waals surface area contributed by atoms with E-state index < -0.39 is 11.6 Å². The zero-order chi connectivity index (χ0) is 14.5. The first-order valence-electron chi connectivity index (χ1n) is 6.12. The highest BCUT2D eigenvalue weighted by Gasteiger charge is 2.12. The van der Waals surface area contributed by atoms with Gasteiger partial charge in [0.25, 0.3) is 5.91 Å². The molecule has 1 atom stereocenters. The minimum atomic E-state index is -0.971. The highest BCUT2D eigenvalue weighted by atomic mass is 32.1. The van der Waals surface area contributed by atoms with Crippen LogP contribution in [0.3, 0.4) is 0 Å². The molecule has 1 heterocycles. The van der Waals surface area contributed by atoms with E-state index in [2.05, 4.69) is 5.32 Å². The van der Waals surface area contributed by atoms with Crippen molar-refractivity contribution in [3.63, 3.8) is 0 Å². The monoisotopic (exact) mass is 297 g/mol. The lowest BCUT2D eigenvalue weighted by molar-refractivity contribution is -0.885. The molecule has 0 radical (unpaired) electrons. The van der Waals surface area contributed by atoms with Crippen molar-refractivity contribution in [1.29, 1.82) is 0 Å². The molecule has 2 aromatic rings. The maximum Gasteiger partial charge on any atom is 0.279 e. The van der Waals surface area contributed by atoms with Crippen molar-refractivity contribution in [2.45, 2.75) is 6.54 Å². The predicted molar refractivity (Wildman–Crippen MR) is 74.8 cm³/mol. The van der Waals surface area contributed by atoms with Gasteiger partial charge in [0.1, 0.15) is 6.54 Å². The Morgan fingerprint density at radius 2 is 2.10 bits per heavy atom. The van der Waals surface area contributed by atoms with Crippen molar-refractivity contribution in [3.05, 3.63) is 52.2 Å². The molecule has 0 fully saturated rings. The number of carbonyl (C=O) groups excluding carboxylic acids is 1. The van der Waals surface area contributed by atoms with Crippen LogP contribution in [0.15, 0.2) is 35.0 Å². The molecule has 0 aliphatic rings. The summed E-state index contributed by atoms with van der Waals surface area (Å²) in [5.74, 6) is -2.13. The van der Waals surface area contributed by atoms with Gasteiger partial charge in [0.2, 0.25) is 0 Å². The van der Waals surface area contributed by atoms with Crippen LogP contribution >= 0.6 is 11.3 Å². The Morgan fingerprint density at radius 1 is 1.30 bits per heavy atom. The highest BCUT2D eigenvalue weighted by molar-refractivity contribution is 7.07. The quantitative estimate of drug-likeness (QED) is 0.865. The summed E-state index contributed by atoms with van der Waals surface area (Å²) in [7, 11) is 1.91. The van der Waals surface area contributed by atoms with E-state index in [9.17, 15) is 13.6 Å². The number of carbonyl (C=O) groups is 1. The smallest absolute Gasteiger partial charge is 0.279 e. The molecule has 1 aromatic carbocycles. The summed E-state index contributed by atoms with van der Waals surface area (Å²) < 4.78 is 25.8. The van der Waals surface area contributed by atoms with Gasteiger partial charge in [-0.2, -0.15) is 11.3 Å². The number of hydrogen-bond donors (Lipinski definition) is 2. The van der Waals surface area contributed by atoms with Crippen molar-refractivity contribution >= 4 is 22.9 Å². The number of nitrogens with one attached hydrogen (secondary N) is 2. The van der Waals surface area contributed by atoms with Crippen LogP contribution in [0.2, 0.25) is 0 Å². The molecule has 0 aliphatic carbocycles. The number of rotatable bonds is 5. The predicted octanol–water partition coefficient (Wildman–Crippen LogP) is 1.68. The molecule has 0 spiro atoms. The van der Waals surface area contributed by atoms with Crippen molar-refractivity contribution in [1.82, 2.24) is 0 Å². The van der Waals surface area contributed by atoms with Gasteiger partial charge in [-0.3, -0.25) is 4.79 Å². The van der Waals surface area contributed by atoms with Gasteiger partial charge in [0.05, 0.1) is 7.05 Å². The second-order valence-electron chi connectivity index (χ2n) is 4.62. The van der Waals surface area contributed by atoms with E-state index in [1.165, 1.54) is 11.6 Å². The Labute approximate surface area is 119 Å². The van der Waals surface area contributed by atoms with Crippen molar-refractivity contribution in [2.75, 3.05) is 18.9 Å². The molecule has 20 heavy (non-hydrogen) atoms. The van der Waals surface area contributed by atoms with Crippen LogP contribution in [-0.4, -0.2) is 19.5 Å². The molecule has 1 unspecified atom stereocenters. The molecule has 2 rings (SSSR count). The second-order valence-corrected chi connectivity index (χ2v) is 5.40. The lowest BCUT2D eigenvalue weighted by atomic mass is 10.3. The van der Waals surface area contributed by atoms with E-state index in [-0.39, 0.29) is 18.1 Å². The van der Waals surface area contributed by atoms with Crippen LogP contribution in [0.5, 0.6) is 0 Å². The van der Waals surface area contributed by atoms with Gasteiger partial charge in [-0.1, -0.05) is 0 Å². The lowest BCUT2D eigenvalue weighted by Gasteiger charge is -2.13. The molecule has 6 heteroatoms. The highest BCUT2D eigenvalue weighted by Crippen LogP contribution is 2.12. The Hall–Kier alpha value is -1.79. The summed E-state index contributed by atoms with van der Waals surface area (Å²) in [6, 6.07) is 5.32. The Bertz CT molecular complexity index is 587. The molecular weight excluding hydrogens is 282 g/mol. The number of hydrogen-bond acceptors (Lipinski definition) is 2. The Morgan fingerprint density at radius 3 is 2.75 bits per heavy atom. The summed E-state index contributed by atoms with van der Waals surface area (Å²) in [5, 5.41) is 6.59. The van der Waals surface area contributed by atoms with Gasteiger partial charge in [0.15, 0.2) is 18.2 Å². The molecular formula is C14H15F2N2OS+. The van der Waals surface area contributed by atoms with Crippen molar-refractivity contribution in [3.8, 4) is 0 Å². The summed E-state index contributed by atoms with van der Waals surface area (Å²) in [4.78, 5) is 12.8. The van der Waals surface area contributed by atoms with E-state index in [4.69, 9.17) is 0 Å². The SMILES string of the molecule is C[NH+](CC(=O)Nc1ccc(F)c(F)c1)Cc1ccsc1. The average Bonchev–Trinajstić information content (AvgIpc) is 2.86. The lowest BCUT2D eigenvalue weighted by Crippen LogP contribution is -3.08. The normalized spacial score (nSPS) is 12.2. The maximum absolute atomic E-state index is 13.0. The van der Waals surface area contributed by atoms with Crippen LogP contribution in [0.4, 0.5) is 14.5 Å². The fourth-order valence-corrected chi connectivity index (χ4v) is 2.53. The third kappa shape index (κ3) is 4.11. The number of amides is 1. The van der Waals surface area contributed by atoms with Crippen LogP contribution in [0.1, 0.15) is 5.56 Å². The zero-order valence-electron chi connectivity index (χ0n) is 11.0. The standard InChI is InChI=1S/C14H14F2N2OS/c1-18(7-10-4-5-20-9-10)8-14(19)17-11-2-3-12(15)13(16)6-11/h2-6,9H,7-8H2,1H3,(H,17,19)/p+1. The number of quaternary nitrogens is 1. The van der Waals surface area contributed by atoms with Crippen LogP contribution in [0.25, 0.3) is 0 Å². The van der Waals surface area contributed by atoms with Crippen molar-refractivity contribution < 1.29 is 18.5 Å². The molecule has 0 bridgehead atoms. The molecule has 106 valence electrons. The summed E-state index contributed by atoms with van der Waals surface area (Å²) >= 11 is 1.61. The van der Waals surface area contributed by atoms with Gasteiger partial charge in [0, 0.05) is 17.3 Å². The van der Waals surface area contributed by atoms with Gasteiger partial charge in [-0.25, -0.2) is 8.78 Å². The molecule has 1 aromatic heterocycles. The summed E-state index contributed by atoms with van der Waals surface area (Å²) in [6.07, 6.45) is 0. The third-order valence-electron chi connectivity index (χ3n) is 2.75. The maximum atomic E-state index is 13.0. The number of likely N-dealkylation sites (N-methyl/N-ethyl adjacent to an activating group) is 1. The second kappa shape index (κ2) is 6.58. The molecule has 3 nitrogen and oxygen atoms in total. The van der Waals surface area contributed by atoms with E-state index in [1.807, 2.05) is 23.9 Å². The number of benzene rings is 1. The van der Waals surface area contributed by atoms with E-state index in [0.717, 1.165) is 23.6 Å². The van der Waals surface area contributed by atoms with Gasteiger partial charge in [-0.15, -0.1) is 0 Å². The first-order chi connectivity index (χ1) is 9.54. The fourth-order valence-electron chi connectivity index (χ4n) is 1.86. The first kappa shape index (κ1) is 14.6. The average molecular weight is 297 g/mol. The molecule has 2 N–H and O–H groups in total. The number of halogens is 2. The Kier molecular flexibility index (Phi) is 4.81. The minimum Gasteiger partial charge on any atom is -0.326 e. The molecule has 0 saturated heterocycles. The first-order valence-corrected chi connectivity index (χ1v) is 7.06. The minimum absolute atomic E-state index is 0.233. The Balaban J connectivity index is 1.87. The van der Waals surface area contributed by atoms with Crippen LogP contribution in [-0.2, 0) is 11.3 Å². The van der Waals surface area contributed by atoms with Crippen LogP contribution in [0, 0.1) is 11.6 Å². The number of anilines is 1. The zero-order valence-corrected chi connectivity index (χ0v) is 11.8. The topological polar surface area (TPSA) is 33.5 Å². The summed E-state index contributed by atoms with van der Waals surface area (Å²) in [5.41, 5.74) is 1.44. The van der Waals surface area contributed by atoms with Gasteiger partial charge < -0.3 is 10.2 Å². The third-order valence-corrected chi connectivity index (χ3v) is 3.48. The molecule has 1 amide bonds. The molecule has 0 aliphatic heterocycles. The molecule has 0 saturated carbocycles. The number of thiophene rings is 1. The van der Waals surface area contributed by atoms with Crippen LogP contribution < -0.4 is 10.2 Å². The van der Waals surface area contributed by atoms with Crippen molar-refractivity contribution in [2.24, 2.45) is 0 Å². The van der Waals surface area contributed by atoms with Gasteiger partial charge in [-0.05, 0) is 29.0 Å². The largest absolute Gasteiger partial charge is 0.326 e. The van der Waals surface area contributed by atoms with E-state index in [1.54, 1.807) is 11.3 Å². The summed E-state index contributed by atoms with van der Waals surface area (Å²) in [6.45, 7) is 1.00. The van der Waals surface area contributed by atoms with Gasteiger partial charge >= 0.3 is 0 Å². The fraction of sp³-hybridized carbons (Fsp3) is 0.214. The van der Waals surface area contributed by atoms with E-state index in [0.29, 0.717) is 0 Å².